The van der Waals surface area contributed by atoms with Crippen LogP contribution in [0.5, 0.6) is 11.6 Å². The normalized spacial score (nSPS) is 15.9. The monoisotopic (exact) mass is 612 g/mol. The molecule has 0 aliphatic carbocycles. The van der Waals surface area contributed by atoms with Gasteiger partial charge in [0.2, 0.25) is 17.7 Å². The Bertz CT molecular complexity index is 1640. The first kappa shape index (κ1) is 30.4. The predicted molar refractivity (Wildman–Crippen MR) is 159 cm³/mol. The van der Waals surface area contributed by atoms with E-state index in [-0.39, 0.29) is 29.1 Å². The highest BCUT2D eigenvalue weighted by molar-refractivity contribution is 7.22. The van der Waals surface area contributed by atoms with E-state index in [0.717, 1.165) is 42.8 Å². The second-order valence-corrected chi connectivity index (χ2v) is 11.8. The van der Waals surface area contributed by atoms with Crippen LogP contribution < -0.4 is 15.4 Å². The number of aromatic nitrogens is 3. The molecule has 0 radical (unpaired) electrons. The summed E-state index contributed by atoms with van der Waals surface area (Å²) in [6.45, 7) is 7.01. The second kappa shape index (κ2) is 12.6. The van der Waals surface area contributed by atoms with Crippen molar-refractivity contribution in [2.24, 2.45) is 5.92 Å². The van der Waals surface area contributed by atoms with Crippen molar-refractivity contribution in [2.45, 2.75) is 52.3 Å². The number of nitrogens with one attached hydrogen (secondary N) is 2. The minimum absolute atomic E-state index is 0.00102. The summed E-state index contributed by atoms with van der Waals surface area (Å²) in [7, 11) is 0. The Morgan fingerprint density at radius 2 is 1.93 bits per heavy atom. The molecular formula is C30H31F3N6O3S. The first-order chi connectivity index (χ1) is 20.5. The van der Waals surface area contributed by atoms with Gasteiger partial charge in [-0.25, -0.2) is 15.0 Å². The highest BCUT2D eigenvalue weighted by Gasteiger charge is 2.33. The highest BCUT2D eigenvalue weighted by atomic mass is 32.1. The minimum Gasteiger partial charge on any atom is -0.437 e. The Kier molecular flexibility index (Phi) is 8.92. The Morgan fingerprint density at radius 3 is 2.67 bits per heavy atom. The van der Waals surface area contributed by atoms with Crippen LogP contribution in [0.1, 0.15) is 45.6 Å². The van der Waals surface area contributed by atoms with Crippen LogP contribution in [0.2, 0.25) is 0 Å². The fraction of sp³-hybridized carbons (Fsp3) is 0.367. The van der Waals surface area contributed by atoms with Crippen LogP contribution in [-0.4, -0.2) is 50.8 Å². The number of nitrogens with zero attached hydrogens (tertiary/aromatic N) is 4. The lowest BCUT2D eigenvalue weighted by molar-refractivity contribution is -0.137. The number of alkyl halides is 3. The lowest BCUT2D eigenvalue weighted by Gasteiger charge is -2.35. The van der Waals surface area contributed by atoms with Crippen molar-refractivity contribution in [3.63, 3.8) is 0 Å². The molecule has 226 valence electrons. The third-order valence-corrected chi connectivity index (χ3v) is 7.85. The predicted octanol–water partition coefficient (Wildman–Crippen LogP) is 6.97. The summed E-state index contributed by atoms with van der Waals surface area (Å²) in [5, 5.41) is 5.85. The molecule has 1 fully saturated rings. The quantitative estimate of drug-likeness (QED) is 0.221. The van der Waals surface area contributed by atoms with Crippen LogP contribution in [-0.2, 0) is 15.8 Å². The molecule has 1 aliphatic heterocycles. The number of amides is 2. The fourth-order valence-electron chi connectivity index (χ4n) is 5.10. The zero-order valence-corrected chi connectivity index (χ0v) is 24.7. The van der Waals surface area contributed by atoms with Crippen molar-refractivity contribution in [1.29, 1.82) is 0 Å². The number of fused-ring (bicyclic) bond motifs is 1. The van der Waals surface area contributed by atoms with Crippen LogP contribution in [0, 0.1) is 5.92 Å². The third kappa shape index (κ3) is 7.28. The van der Waals surface area contributed by atoms with Crippen molar-refractivity contribution in [2.75, 3.05) is 23.7 Å². The number of likely N-dealkylation sites (tertiary alicyclic amines) is 1. The molecule has 1 unspecified atom stereocenters. The van der Waals surface area contributed by atoms with Gasteiger partial charge in [-0.15, -0.1) is 0 Å². The molecule has 1 saturated heterocycles. The molecule has 9 nitrogen and oxygen atoms in total. The summed E-state index contributed by atoms with van der Waals surface area (Å²) in [4.78, 5) is 40.0. The van der Waals surface area contributed by atoms with Crippen LogP contribution in [0.4, 0.5) is 24.0 Å². The van der Waals surface area contributed by atoms with Crippen molar-refractivity contribution in [3.8, 4) is 22.9 Å². The summed E-state index contributed by atoms with van der Waals surface area (Å²) < 4.78 is 47.9. The summed E-state index contributed by atoms with van der Waals surface area (Å²) in [6.07, 6.45) is -0.896. The molecule has 0 bridgehead atoms. The number of hydrogen-bond donors (Lipinski definition) is 2. The number of thiazole rings is 1. The van der Waals surface area contributed by atoms with E-state index in [1.54, 1.807) is 12.1 Å². The summed E-state index contributed by atoms with van der Waals surface area (Å²) in [6, 6.07) is 9.53. The van der Waals surface area contributed by atoms with E-state index in [2.05, 4.69) is 44.3 Å². The molecule has 4 aromatic rings. The van der Waals surface area contributed by atoms with Gasteiger partial charge in [0.1, 0.15) is 11.8 Å². The standard InChI is InChI=1S/C30H31F3N6O3S/c1-17(2)15-39-12-5-4-7-23(39)28(41)37-22-13-19(30(31,32)33)10-11-20(22)21-14-26(35-16-34-21)42-24-8-6-9-25-27(24)38-29(43-25)36-18(3)40/h6,8-11,13-14,16-17,23H,4-5,7,12,15H2,1-3H3,(H,37,41)(H,36,38,40). The van der Waals surface area contributed by atoms with E-state index in [9.17, 15) is 22.8 Å². The maximum Gasteiger partial charge on any atom is 0.416 e. The van der Waals surface area contributed by atoms with Crippen molar-refractivity contribution >= 4 is 44.2 Å². The van der Waals surface area contributed by atoms with Crippen molar-refractivity contribution in [1.82, 2.24) is 19.9 Å². The van der Waals surface area contributed by atoms with Gasteiger partial charge in [-0.05, 0) is 49.6 Å². The van der Waals surface area contributed by atoms with E-state index in [0.29, 0.717) is 34.3 Å². The van der Waals surface area contributed by atoms with Gasteiger partial charge in [-0.2, -0.15) is 13.2 Å². The van der Waals surface area contributed by atoms with Crippen LogP contribution >= 0.6 is 11.3 Å². The fourth-order valence-corrected chi connectivity index (χ4v) is 6.03. The number of carbonyl (C=O) groups excluding carboxylic acids is 2. The number of hydrogen-bond acceptors (Lipinski definition) is 8. The van der Waals surface area contributed by atoms with E-state index >= 15 is 0 Å². The third-order valence-electron chi connectivity index (χ3n) is 6.92. The lowest BCUT2D eigenvalue weighted by Crippen LogP contribution is -2.48. The summed E-state index contributed by atoms with van der Waals surface area (Å²) in [5.41, 5.74) is 0.184. The zero-order valence-electron chi connectivity index (χ0n) is 23.9. The molecular weight excluding hydrogens is 581 g/mol. The number of rotatable bonds is 8. The molecule has 13 heteroatoms. The molecule has 1 aliphatic rings. The first-order valence-electron chi connectivity index (χ1n) is 13.9. The first-order valence-corrected chi connectivity index (χ1v) is 14.7. The molecule has 43 heavy (non-hydrogen) atoms. The SMILES string of the molecule is CC(=O)Nc1nc2c(Oc3cc(-c4ccc(C(F)(F)F)cc4NC(=O)C4CCCCN4CC(C)C)ncn3)cccc2s1. The second-order valence-electron chi connectivity index (χ2n) is 10.8. The number of halogens is 3. The summed E-state index contributed by atoms with van der Waals surface area (Å²) >= 11 is 1.28. The topological polar surface area (TPSA) is 109 Å². The molecule has 2 aromatic heterocycles. The number of benzene rings is 2. The van der Waals surface area contributed by atoms with E-state index < -0.39 is 17.8 Å². The van der Waals surface area contributed by atoms with Crippen LogP contribution in [0.25, 0.3) is 21.5 Å². The van der Waals surface area contributed by atoms with E-state index in [1.165, 1.54) is 36.7 Å². The molecule has 1 atom stereocenters. The van der Waals surface area contributed by atoms with E-state index in [1.807, 2.05) is 6.07 Å². The van der Waals surface area contributed by atoms with Gasteiger partial charge < -0.3 is 15.4 Å². The van der Waals surface area contributed by atoms with Crippen molar-refractivity contribution in [3.05, 3.63) is 54.4 Å². The molecule has 3 heterocycles. The Balaban J connectivity index is 1.46. The van der Waals surface area contributed by atoms with Gasteiger partial charge in [0, 0.05) is 25.1 Å². The average molecular weight is 613 g/mol. The van der Waals surface area contributed by atoms with Crippen molar-refractivity contribution < 1.29 is 27.5 Å². The molecule has 0 spiro atoms. The summed E-state index contributed by atoms with van der Waals surface area (Å²) in [5.74, 6) is 0.232. The largest absolute Gasteiger partial charge is 0.437 e. The number of anilines is 2. The van der Waals surface area contributed by atoms with Gasteiger partial charge in [0.25, 0.3) is 0 Å². The Hall–Kier alpha value is -4.10. The van der Waals surface area contributed by atoms with Gasteiger partial charge in [-0.1, -0.05) is 43.7 Å². The van der Waals surface area contributed by atoms with Crippen LogP contribution in [0.3, 0.4) is 0 Å². The lowest BCUT2D eigenvalue weighted by atomic mass is 9.99. The molecule has 2 N–H and O–H groups in total. The maximum atomic E-state index is 13.7. The molecule has 2 amide bonds. The molecule has 5 rings (SSSR count). The van der Waals surface area contributed by atoms with Gasteiger partial charge in [0.15, 0.2) is 10.9 Å². The van der Waals surface area contributed by atoms with Crippen LogP contribution in [0.15, 0.2) is 48.8 Å². The average Bonchev–Trinajstić information content (AvgIpc) is 3.35. The number of para-hydroxylation sites is 1. The maximum absolute atomic E-state index is 13.7. The number of piperidine rings is 1. The molecule has 0 saturated carbocycles. The minimum atomic E-state index is -4.60. The van der Waals surface area contributed by atoms with Gasteiger partial charge in [-0.3, -0.25) is 14.5 Å². The van der Waals surface area contributed by atoms with E-state index in [4.69, 9.17) is 4.74 Å². The van der Waals surface area contributed by atoms with Gasteiger partial charge in [0.05, 0.1) is 27.7 Å². The Labute approximate surface area is 250 Å². The number of carbonyl (C=O) groups is 2. The highest BCUT2D eigenvalue weighted by Crippen LogP contribution is 2.38. The molecule has 2 aromatic carbocycles. The smallest absolute Gasteiger partial charge is 0.416 e. The number of ether oxygens (including phenoxy) is 1. The van der Waals surface area contributed by atoms with Gasteiger partial charge >= 0.3 is 6.18 Å². The zero-order chi connectivity index (χ0) is 30.7. The Morgan fingerprint density at radius 1 is 1.12 bits per heavy atom.